The van der Waals surface area contributed by atoms with E-state index in [0.29, 0.717) is 23.6 Å². The highest BCUT2D eigenvalue weighted by molar-refractivity contribution is 14.0. The van der Waals surface area contributed by atoms with Gasteiger partial charge in [-0.15, -0.1) is 24.0 Å². The molecule has 0 heterocycles. The molecule has 0 saturated heterocycles. The van der Waals surface area contributed by atoms with Gasteiger partial charge in [-0.3, -0.25) is 9.20 Å². The third-order valence-electron chi connectivity index (χ3n) is 4.87. The molecule has 3 unspecified atom stereocenters. The number of unbranched alkanes of at least 4 members (excludes halogenated alkanes) is 1. The molecule has 8 heteroatoms. The van der Waals surface area contributed by atoms with Crippen LogP contribution in [0.5, 0.6) is 5.75 Å². The number of hydrogen-bond donors (Lipinski definition) is 2. The topological polar surface area (TPSA) is 62.7 Å². The highest BCUT2D eigenvalue weighted by atomic mass is 127. The van der Waals surface area contributed by atoms with Crippen LogP contribution in [0, 0.1) is 5.82 Å². The molecular formula is C21H35FIN3O2S. The third-order valence-corrected chi connectivity index (χ3v) is 6.61. The quantitative estimate of drug-likeness (QED) is 0.202. The maximum Gasteiger partial charge on any atom is 0.191 e. The van der Waals surface area contributed by atoms with Crippen molar-refractivity contribution in [2.24, 2.45) is 4.99 Å². The van der Waals surface area contributed by atoms with Crippen LogP contribution in [-0.4, -0.2) is 46.9 Å². The normalized spacial score (nSPS) is 20.4. The second kappa shape index (κ2) is 15.0. The molecule has 29 heavy (non-hydrogen) atoms. The Bertz CT molecular complexity index is 631. The second-order valence-corrected chi connectivity index (χ2v) is 9.07. The molecule has 166 valence electrons. The average molecular weight is 539 g/mol. The monoisotopic (exact) mass is 539 g/mol. The Balaban J connectivity index is 0.00000420. The van der Waals surface area contributed by atoms with Crippen LogP contribution in [0.15, 0.2) is 29.3 Å². The Kier molecular flexibility index (Phi) is 13.5. The Labute approximate surface area is 194 Å². The first-order valence-corrected chi connectivity index (χ1v) is 11.8. The van der Waals surface area contributed by atoms with Gasteiger partial charge < -0.3 is 15.4 Å². The molecule has 1 aromatic carbocycles. The van der Waals surface area contributed by atoms with Gasteiger partial charge in [-0.1, -0.05) is 13.3 Å². The number of nitrogens with zero attached hydrogens (tertiary/aromatic N) is 1. The van der Waals surface area contributed by atoms with Gasteiger partial charge in [0.25, 0.3) is 0 Å². The Morgan fingerprint density at radius 1 is 1.24 bits per heavy atom. The van der Waals surface area contributed by atoms with Gasteiger partial charge in [0.1, 0.15) is 11.6 Å². The number of benzene rings is 1. The van der Waals surface area contributed by atoms with E-state index < -0.39 is 10.8 Å². The van der Waals surface area contributed by atoms with Gasteiger partial charge in [0, 0.05) is 40.9 Å². The largest absolute Gasteiger partial charge is 0.494 e. The molecule has 1 aromatic rings. The van der Waals surface area contributed by atoms with Crippen molar-refractivity contribution in [2.45, 2.75) is 63.7 Å². The molecule has 2 rings (SSSR count). The lowest BCUT2D eigenvalue weighted by atomic mass is 9.95. The van der Waals surface area contributed by atoms with Crippen LogP contribution < -0.4 is 15.4 Å². The zero-order valence-electron chi connectivity index (χ0n) is 17.5. The van der Waals surface area contributed by atoms with Crippen LogP contribution in [0.4, 0.5) is 4.39 Å². The maximum absolute atomic E-state index is 12.9. The van der Waals surface area contributed by atoms with Crippen molar-refractivity contribution in [3.05, 3.63) is 30.1 Å². The number of guanidine groups is 1. The number of rotatable bonds is 10. The van der Waals surface area contributed by atoms with Crippen molar-refractivity contribution in [1.29, 1.82) is 0 Å². The number of nitrogens with one attached hydrogen (secondary N) is 2. The summed E-state index contributed by atoms with van der Waals surface area (Å²) in [5.41, 5.74) is 0. The fraction of sp³-hybridized carbons (Fsp3) is 0.667. The van der Waals surface area contributed by atoms with Gasteiger partial charge in [0.15, 0.2) is 5.96 Å². The standard InChI is InChI=1S/C21H34FN3O2S.HI/c1-3-23-21(25-18-8-7-9-20(16-18)28(26)4-2)24-14-5-6-15-27-19-12-10-17(22)11-13-19;/h10-13,18,20H,3-9,14-16H2,1-2H3,(H2,23,24,25);1H. The number of ether oxygens (including phenoxy) is 1. The smallest absolute Gasteiger partial charge is 0.191 e. The zero-order valence-corrected chi connectivity index (χ0v) is 20.6. The lowest BCUT2D eigenvalue weighted by molar-refractivity contribution is 0.307. The van der Waals surface area contributed by atoms with E-state index in [4.69, 9.17) is 4.74 Å². The lowest BCUT2D eigenvalue weighted by Gasteiger charge is -2.30. The van der Waals surface area contributed by atoms with Crippen molar-refractivity contribution in [2.75, 3.05) is 25.4 Å². The van der Waals surface area contributed by atoms with Gasteiger partial charge in [0.2, 0.25) is 0 Å². The molecule has 1 saturated carbocycles. The van der Waals surface area contributed by atoms with Crippen LogP contribution >= 0.6 is 24.0 Å². The average Bonchev–Trinajstić information content (AvgIpc) is 2.71. The van der Waals surface area contributed by atoms with E-state index in [0.717, 1.165) is 63.3 Å². The van der Waals surface area contributed by atoms with Gasteiger partial charge in [-0.25, -0.2) is 4.39 Å². The number of aliphatic imine (C=N–C) groups is 1. The number of hydrogen-bond acceptors (Lipinski definition) is 3. The van der Waals surface area contributed by atoms with Crippen LogP contribution in [0.3, 0.4) is 0 Å². The fourth-order valence-electron chi connectivity index (χ4n) is 3.39. The van der Waals surface area contributed by atoms with Gasteiger partial charge in [-0.05, 0) is 63.3 Å². The molecule has 0 radical (unpaired) electrons. The molecular weight excluding hydrogens is 504 g/mol. The van der Waals surface area contributed by atoms with Crippen molar-refractivity contribution < 1.29 is 13.3 Å². The SMILES string of the molecule is CCNC(=NCCCCOc1ccc(F)cc1)NC1CCCC(S(=O)CC)C1.I. The summed E-state index contributed by atoms with van der Waals surface area (Å²) in [7, 11) is -0.714. The lowest BCUT2D eigenvalue weighted by Crippen LogP contribution is -2.46. The summed E-state index contributed by atoms with van der Waals surface area (Å²) in [5.74, 6) is 2.02. The van der Waals surface area contributed by atoms with Gasteiger partial charge in [0.05, 0.1) is 6.61 Å². The molecule has 2 N–H and O–H groups in total. The first kappa shape index (κ1) is 26.1. The number of halogens is 2. The first-order chi connectivity index (χ1) is 13.6. The molecule has 0 aromatic heterocycles. The maximum atomic E-state index is 12.9. The Morgan fingerprint density at radius 3 is 2.69 bits per heavy atom. The van der Waals surface area contributed by atoms with E-state index in [1.807, 2.05) is 6.92 Å². The first-order valence-electron chi connectivity index (χ1n) is 10.4. The summed E-state index contributed by atoms with van der Waals surface area (Å²) < 4.78 is 30.6. The van der Waals surface area contributed by atoms with Gasteiger partial charge >= 0.3 is 0 Å². The van der Waals surface area contributed by atoms with E-state index in [1.54, 1.807) is 12.1 Å². The molecule has 0 spiro atoms. The Morgan fingerprint density at radius 2 is 2.00 bits per heavy atom. The summed E-state index contributed by atoms with van der Waals surface area (Å²) in [5, 5.41) is 7.14. The van der Waals surface area contributed by atoms with Crippen molar-refractivity contribution in [1.82, 2.24) is 10.6 Å². The van der Waals surface area contributed by atoms with Crippen molar-refractivity contribution >= 4 is 40.7 Å². The fourth-order valence-corrected chi connectivity index (χ4v) is 4.74. The summed E-state index contributed by atoms with van der Waals surface area (Å²) in [4.78, 5) is 4.67. The summed E-state index contributed by atoms with van der Waals surface area (Å²) in [6, 6.07) is 6.43. The minimum absolute atomic E-state index is 0. The zero-order chi connectivity index (χ0) is 20.2. The minimum atomic E-state index is -0.714. The van der Waals surface area contributed by atoms with E-state index in [1.165, 1.54) is 12.1 Å². The summed E-state index contributed by atoms with van der Waals surface area (Å²) >= 11 is 0. The Hall–Kier alpha value is -0.900. The van der Waals surface area contributed by atoms with E-state index >= 15 is 0 Å². The molecule has 1 aliphatic carbocycles. The van der Waals surface area contributed by atoms with Gasteiger partial charge in [-0.2, -0.15) is 0 Å². The van der Waals surface area contributed by atoms with Crippen molar-refractivity contribution in [3.63, 3.8) is 0 Å². The molecule has 1 aliphatic rings. The van der Waals surface area contributed by atoms with Crippen LogP contribution in [-0.2, 0) is 10.8 Å². The molecule has 0 bridgehead atoms. The van der Waals surface area contributed by atoms with Crippen LogP contribution in [0.25, 0.3) is 0 Å². The summed E-state index contributed by atoms with van der Waals surface area (Å²) in [6.45, 7) is 6.19. The summed E-state index contributed by atoms with van der Waals surface area (Å²) in [6.07, 6.45) is 6.06. The van der Waals surface area contributed by atoms with E-state index in [9.17, 15) is 8.60 Å². The highest BCUT2D eigenvalue weighted by Gasteiger charge is 2.25. The molecule has 0 amide bonds. The predicted octanol–water partition coefficient (Wildman–Crippen LogP) is 4.24. The van der Waals surface area contributed by atoms with Crippen LogP contribution in [0.2, 0.25) is 0 Å². The van der Waals surface area contributed by atoms with E-state index in [2.05, 4.69) is 22.5 Å². The second-order valence-electron chi connectivity index (χ2n) is 7.07. The van der Waals surface area contributed by atoms with Crippen molar-refractivity contribution in [3.8, 4) is 5.75 Å². The molecule has 3 atom stereocenters. The molecule has 0 aliphatic heterocycles. The third kappa shape index (κ3) is 10.1. The minimum Gasteiger partial charge on any atom is -0.494 e. The molecule has 1 fully saturated rings. The highest BCUT2D eigenvalue weighted by Crippen LogP contribution is 2.23. The molecule has 5 nitrogen and oxygen atoms in total. The predicted molar refractivity (Wildman–Crippen MR) is 130 cm³/mol. The van der Waals surface area contributed by atoms with Crippen LogP contribution in [0.1, 0.15) is 52.4 Å². The van der Waals surface area contributed by atoms with E-state index in [-0.39, 0.29) is 29.8 Å².